The highest BCUT2D eigenvalue weighted by molar-refractivity contribution is 7.14. The van der Waals surface area contributed by atoms with Gasteiger partial charge >= 0.3 is 0 Å². The zero-order valence-corrected chi connectivity index (χ0v) is 18.6. The van der Waals surface area contributed by atoms with Gasteiger partial charge in [0.2, 0.25) is 5.78 Å². The van der Waals surface area contributed by atoms with Crippen molar-refractivity contribution in [3.8, 4) is 0 Å². The second-order valence-corrected chi connectivity index (χ2v) is 8.98. The number of rotatable bonds is 4. The van der Waals surface area contributed by atoms with Crippen LogP contribution in [0.3, 0.4) is 0 Å². The fourth-order valence-corrected chi connectivity index (χ4v) is 4.73. The summed E-state index contributed by atoms with van der Waals surface area (Å²) in [6.07, 6.45) is 0. The number of aryl methyl sites for hydroxylation is 2. The normalized spacial score (nSPS) is 16.4. The fraction of sp³-hybridized carbons (Fsp3) is 0.136. The summed E-state index contributed by atoms with van der Waals surface area (Å²) in [5.41, 5.74) is 1.19. The number of hydrogen-bond acceptors (Lipinski definition) is 5. The molecule has 9 heteroatoms. The molecular formula is C22H15Cl2FN2O3S. The molecule has 0 fully saturated rings. The Morgan fingerprint density at radius 1 is 1.13 bits per heavy atom. The number of thiazole rings is 1. The van der Waals surface area contributed by atoms with Crippen LogP contribution in [0.25, 0.3) is 0 Å². The van der Waals surface area contributed by atoms with Gasteiger partial charge in [0.1, 0.15) is 5.82 Å². The molecule has 1 N–H and O–H groups in total. The summed E-state index contributed by atoms with van der Waals surface area (Å²) in [7, 11) is 0. The number of halogens is 3. The number of anilines is 1. The van der Waals surface area contributed by atoms with Gasteiger partial charge in [-0.2, -0.15) is 0 Å². The molecule has 1 amide bonds. The molecule has 0 saturated carbocycles. The predicted octanol–water partition coefficient (Wildman–Crippen LogP) is 5.99. The number of carbonyl (C=O) groups excluding carboxylic acids is 2. The molecule has 0 spiro atoms. The van der Waals surface area contributed by atoms with Crippen LogP contribution in [-0.4, -0.2) is 21.8 Å². The largest absolute Gasteiger partial charge is 0.503 e. The smallest absolute Gasteiger partial charge is 0.294 e. The third-order valence-electron chi connectivity index (χ3n) is 4.93. The van der Waals surface area contributed by atoms with E-state index >= 15 is 0 Å². The number of aliphatic hydroxyl groups excluding tert-OH is 1. The number of hydrogen-bond donors (Lipinski definition) is 1. The molecule has 2 heterocycles. The third-order valence-corrected chi connectivity index (χ3v) is 6.74. The maximum Gasteiger partial charge on any atom is 0.294 e. The van der Waals surface area contributed by atoms with E-state index < -0.39 is 29.3 Å². The van der Waals surface area contributed by atoms with E-state index in [0.29, 0.717) is 31.9 Å². The molecule has 0 radical (unpaired) electrons. The first-order valence-corrected chi connectivity index (χ1v) is 10.7. The van der Waals surface area contributed by atoms with Gasteiger partial charge in [0.15, 0.2) is 5.76 Å². The first kappa shape index (κ1) is 21.5. The minimum atomic E-state index is -0.986. The van der Waals surface area contributed by atoms with E-state index in [0.717, 1.165) is 0 Å². The number of benzene rings is 2. The summed E-state index contributed by atoms with van der Waals surface area (Å²) in [5, 5.41) is 11.9. The molecule has 0 saturated heterocycles. The van der Waals surface area contributed by atoms with E-state index in [1.165, 1.54) is 52.6 Å². The van der Waals surface area contributed by atoms with Gasteiger partial charge in [-0.05, 0) is 49.7 Å². The molecule has 1 aromatic heterocycles. The molecule has 0 bridgehead atoms. The maximum absolute atomic E-state index is 13.6. The summed E-state index contributed by atoms with van der Waals surface area (Å²) in [6, 6.07) is 8.95. The van der Waals surface area contributed by atoms with Gasteiger partial charge in [-0.25, -0.2) is 9.37 Å². The number of nitrogens with zero attached hydrogens (tertiary/aromatic N) is 2. The summed E-state index contributed by atoms with van der Waals surface area (Å²) in [6.45, 7) is 3.46. The molecule has 0 aliphatic carbocycles. The average Bonchev–Trinajstić information content (AvgIpc) is 3.20. The van der Waals surface area contributed by atoms with E-state index in [9.17, 15) is 19.1 Å². The Balaban J connectivity index is 1.90. The van der Waals surface area contributed by atoms with Crippen LogP contribution in [0.5, 0.6) is 0 Å². The van der Waals surface area contributed by atoms with E-state index in [2.05, 4.69) is 4.98 Å². The zero-order valence-electron chi connectivity index (χ0n) is 16.3. The maximum atomic E-state index is 13.6. The third kappa shape index (κ3) is 3.73. The Morgan fingerprint density at radius 3 is 2.39 bits per heavy atom. The van der Waals surface area contributed by atoms with E-state index in [4.69, 9.17) is 23.2 Å². The quantitative estimate of drug-likeness (QED) is 0.469. The van der Waals surface area contributed by atoms with Crippen LogP contribution in [-0.2, 0) is 4.79 Å². The number of carbonyl (C=O) groups is 2. The summed E-state index contributed by atoms with van der Waals surface area (Å²) < 4.78 is 13.6. The van der Waals surface area contributed by atoms with Crippen molar-refractivity contribution in [3.05, 3.63) is 90.8 Å². The van der Waals surface area contributed by atoms with E-state index in [1.54, 1.807) is 19.9 Å². The molecule has 31 heavy (non-hydrogen) atoms. The van der Waals surface area contributed by atoms with Gasteiger partial charge in [-0.3, -0.25) is 14.5 Å². The molecular weight excluding hydrogens is 462 g/mol. The molecule has 2 aromatic carbocycles. The van der Waals surface area contributed by atoms with E-state index in [1.807, 2.05) is 0 Å². The average molecular weight is 477 g/mol. The van der Waals surface area contributed by atoms with Crippen molar-refractivity contribution in [1.82, 2.24) is 4.98 Å². The Kier molecular flexibility index (Phi) is 5.60. The van der Waals surface area contributed by atoms with Crippen LogP contribution in [0.4, 0.5) is 10.1 Å². The van der Waals surface area contributed by atoms with Crippen LogP contribution >= 0.6 is 34.5 Å². The molecule has 4 rings (SSSR count). The molecule has 1 atom stereocenters. The van der Waals surface area contributed by atoms with Crippen molar-refractivity contribution >= 4 is 51.9 Å². The fourth-order valence-electron chi connectivity index (χ4n) is 3.56. The molecule has 1 aliphatic heterocycles. The van der Waals surface area contributed by atoms with Gasteiger partial charge in [-0.1, -0.05) is 35.3 Å². The predicted molar refractivity (Wildman–Crippen MR) is 119 cm³/mol. The summed E-state index contributed by atoms with van der Waals surface area (Å²) in [4.78, 5) is 32.4. The van der Waals surface area contributed by atoms with Crippen molar-refractivity contribution in [1.29, 1.82) is 0 Å². The standard InChI is InChI=1S/C22H15Cl2FN2O3S/c1-10-21(31-11(2)26-10)19(28)17-18(12-3-5-13(25)6-4-12)27(22(30)20(17)29)14-7-8-15(23)16(24)9-14/h3-9,18,29H,1-2H3. The lowest BCUT2D eigenvalue weighted by Gasteiger charge is -2.27. The first-order valence-electron chi connectivity index (χ1n) is 9.15. The zero-order chi connectivity index (χ0) is 22.4. The SMILES string of the molecule is Cc1nc(C)c(C(=O)C2=C(O)C(=O)N(c3ccc(Cl)c(Cl)c3)C2c2ccc(F)cc2)s1. The minimum absolute atomic E-state index is 0.102. The highest BCUT2D eigenvalue weighted by Gasteiger charge is 2.45. The Morgan fingerprint density at radius 2 is 1.81 bits per heavy atom. The summed E-state index contributed by atoms with van der Waals surface area (Å²) in [5.74, 6) is -2.42. The van der Waals surface area contributed by atoms with Crippen LogP contribution in [0.15, 0.2) is 53.8 Å². The molecule has 5 nitrogen and oxygen atoms in total. The number of aromatic nitrogens is 1. The summed E-state index contributed by atoms with van der Waals surface area (Å²) >= 11 is 13.3. The lowest BCUT2D eigenvalue weighted by Crippen LogP contribution is -2.31. The Hall–Kier alpha value is -2.74. The van der Waals surface area contributed by atoms with Crippen molar-refractivity contribution in [2.45, 2.75) is 19.9 Å². The monoisotopic (exact) mass is 476 g/mol. The van der Waals surface area contributed by atoms with Crippen LogP contribution < -0.4 is 4.90 Å². The Labute approximate surface area is 191 Å². The van der Waals surface area contributed by atoms with Crippen molar-refractivity contribution < 1.29 is 19.1 Å². The van der Waals surface area contributed by atoms with Gasteiger partial charge in [-0.15, -0.1) is 11.3 Å². The van der Waals surface area contributed by atoms with Crippen molar-refractivity contribution in [2.75, 3.05) is 4.90 Å². The van der Waals surface area contributed by atoms with E-state index in [-0.39, 0.29) is 10.6 Å². The lowest BCUT2D eigenvalue weighted by atomic mass is 9.95. The highest BCUT2D eigenvalue weighted by atomic mass is 35.5. The second-order valence-electron chi connectivity index (χ2n) is 6.97. The Bertz CT molecular complexity index is 1250. The number of aliphatic hydroxyl groups is 1. The van der Waals surface area contributed by atoms with Gasteiger partial charge in [0.25, 0.3) is 5.91 Å². The number of ketones is 1. The molecule has 1 aliphatic rings. The van der Waals surface area contributed by atoms with Crippen LogP contribution in [0, 0.1) is 19.7 Å². The van der Waals surface area contributed by atoms with Crippen molar-refractivity contribution in [2.24, 2.45) is 0 Å². The van der Waals surface area contributed by atoms with Gasteiger partial charge < -0.3 is 5.11 Å². The number of amides is 1. The van der Waals surface area contributed by atoms with Crippen molar-refractivity contribution in [3.63, 3.8) is 0 Å². The van der Waals surface area contributed by atoms with Gasteiger partial charge in [0.05, 0.1) is 37.2 Å². The molecule has 158 valence electrons. The number of Topliss-reactive ketones (excluding diaryl/α,β-unsaturated/α-hetero) is 1. The molecule has 3 aromatic rings. The highest BCUT2D eigenvalue weighted by Crippen LogP contribution is 2.43. The minimum Gasteiger partial charge on any atom is -0.503 e. The molecule has 1 unspecified atom stereocenters. The lowest BCUT2D eigenvalue weighted by molar-refractivity contribution is -0.117. The van der Waals surface area contributed by atoms with Gasteiger partial charge in [0, 0.05) is 5.69 Å². The second kappa shape index (κ2) is 8.07. The first-order chi connectivity index (χ1) is 14.7. The van der Waals surface area contributed by atoms with Crippen LogP contribution in [0.1, 0.15) is 32.0 Å². The topological polar surface area (TPSA) is 70.5 Å². The van der Waals surface area contributed by atoms with Crippen LogP contribution in [0.2, 0.25) is 10.0 Å².